The monoisotopic (exact) mass is 142 g/mol. The molecule has 1 rings (SSSR count). The SMILES string of the molecule is O=[C]CN1C(=O)COC1=O. The van der Waals surface area contributed by atoms with Crippen LogP contribution in [0.3, 0.4) is 0 Å². The smallest absolute Gasteiger partial charge is 0.417 e. The summed E-state index contributed by atoms with van der Waals surface area (Å²) in [4.78, 5) is 31.5. The topological polar surface area (TPSA) is 63.7 Å². The highest BCUT2D eigenvalue weighted by Gasteiger charge is 2.30. The molecule has 0 spiro atoms. The molecular weight excluding hydrogens is 138 g/mol. The number of rotatable bonds is 2. The zero-order valence-corrected chi connectivity index (χ0v) is 4.99. The number of amides is 2. The molecule has 1 saturated heterocycles. The number of ether oxygens (including phenoxy) is 1. The highest BCUT2D eigenvalue weighted by molar-refractivity contribution is 5.99. The first-order valence-corrected chi connectivity index (χ1v) is 2.58. The first-order valence-electron chi connectivity index (χ1n) is 2.58. The zero-order chi connectivity index (χ0) is 7.56. The fraction of sp³-hybridized carbons (Fsp3) is 0.400. The Hall–Kier alpha value is -1.39. The third-order valence-electron chi connectivity index (χ3n) is 1.06. The second-order valence-electron chi connectivity index (χ2n) is 1.68. The third-order valence-corrected chi connectivity index (χ3v) is 1.06. The van der Waals surface area contributed by atoms with E-state index in [2.05, 4.69) is 4.74 Å². The minimum Gasteiger partial charge on any atom is -0.439 e. The molecule has 0 aromatic rings. The van der Waals surface area contributed by atoms with Crippen LogP contribution < -0.4 is 0 Å². The average Bonchev–Trinajstić information content (AvgIpc) is 2.20. The maximum atomic E-state index is 10.6. The van der Waals surface area contributed by atoms with Gasteiger partial charge in [0.05, 0.1) is 6.54 Å². The molecule has 53 valence electrons. The number of cyclic esters (lactones) is 1. The van der Waals surface area contributed by atoms with E-state index < -0.39 is 12.0 Å². The Morgan fingerprint density at radius 3 is 2.70 bits per heavy atom. The van der Waals surface area contributed by atoms with Crippen LogP contribution in [-0.2, 0) is 14.3 Å². The lowest BCUT2D eigenvalue weighted by Gasteiger charge is -2.02. The highest BCUT2D eigenvalue weighted by Crippen LogP contribution is 2.02. The molecule has 1 fully saturated rings. The molecule has 1 radical (unpaired) electrons. The van der Waals surface area contributed by atoms with E-state index in [0.717, 1.165) is 0 Å². The Bertz CT molecular complexity index is 172. The molecule has 0 aliphatic carbocycles. The number of carbonyl (C=O) groups is 2. The van der Waals surface area contributed by atoms with Gasteiger partial charge in [-0.25, -0.2) is 9.69 Å². The van der Waals surface area contributed by atoms with Gasteiger partial charge < -0.3 is 4.74 Å². The average molecular weight is 142 g/mol. The van der Waals surface area contributed by atoms with E-state index in [0.29, 0.717) is 4.90 Å². The summed E-state index contributed by atoms with van der Waals surface area (Å²) in [6, 6.07) is 0. The van der Waals surface area contributed by atoms with Crippen molar-refractivity contribution in [2.45, 2.75) is 0 Å². The van der Waals surface area contributed by atoms with E-state index in [1.807, 2.05) is 0 Å². The van der Waals surface area contributed by atoms with E-state index in [9.17, 15) is 14.4 Å². The molecule has 1 aliphatic heterocycles. The lowest BCUT2D eigenvalue weighted by molar-refractivity contribution is -0.125. The Balaban J connectivity index is 2.62. The van der Waals surface area contributed by atoms with Gasteiger partial charge in [0.15, 0.2) is 6.61 Å². The summed E-state index contributed by atoms with van der Waals surface area (Å²) in [5.41, 5.74) is 0. The van der Waals surface area contributed by atoms with Gasteiger partial charge in [-0.1, -0.05) is 0 Å². The molecule has 0 N–H and O–H groups in total. The Morgan fingerprint density at radius 2 is 2.30 bits per heavy atom. The molecule has 0 aromatic heterocycles. The highest BCUT2D eigenvalue weighted by atomic mass is 16.6. The van der Waals surface area contributed by atoms with Crippen molar-refractivity contribution in [2.75, 3.05) is 13.2 Å². The van der Waals surface area contributed by atoms with Crippen LogP contribution in [0.2, 0.25) is 0 Å². The van der Waals surface area contributed by atoms with Gasteiger partial charge in [-0.15, -0.1) is 0 Å². The largest absolute Gasteiger partial charge is 0.439 e. The maximum absolute atomic E-state index is 10.6. The fourth-order valence-corrected chi connectivity index (χ4v) is 0.598. The van der Waals surface area contributed by atoms with Crippen molar-refractivity contribution in [2.24, 2.45) is 0 Å². The minimum atomic E-state index is -0.770. The molecule has 0 atom stereocenters. The van der Waals surface area contributed by atoms with Crippen molar-refractivity contribution in [3.05, 3.63) is 0 Å². The molecule has 1 heterocycles. The van der Waals surface area contributed by atoms with Gasteiger partial charge in [0.2, 0.25) is 6.29 Å². The molecule has 0 unspecified atom stereocenters. The van der Waals surface area contributed by atoms with E-state index in [1.54, 1.807) is 0 Å². The lowest BCUT2D eigenvalue weighted by atomic mass is 10.5. The van der Waals surface area contributed by atoms with Gasteiger partial charge in [0, 0.05) is 0 Å². The first-order chi connectivity index (χ1) is 4.75. The van der Waals surface area contributed by atoms with Gasteiger partial charge in [-0.2, -0.15) is 0 Å². The standard InChI is InChI=1S/C5H4NO4/c7-2-1-6-4(8)3-10-5(6)9/h1,3H2. The van der Waals surface area contributed by atoms with Crippen molar-refractivity contribution in [3.63, 3.8) is 0 Å². The molecule has 2 amide bonds. The molecule has 1 aliphatic rings. The summed E-state index contributed by atoms with van der Waals surface area (Å²) in [7, 11) is 0. The van der Waals surface area contributed by atoms with Crippen LogP contribution in [0.25, 0.3) is 0 Å². The van der Waals surface area contributed by atoms with Crippen LogP contribution in [0, 0.1) is 0 Å². The van der Waals surface area contributed by atoms with Crippen LogP contribution in [-0.4, -0.2) is 36.3 Å². The van der Waals surface area contributed by atoms with Crippen LogP contribution >= 0.6 is 0 Å². The Labute approximate surface area is 56.6 Å². The van der Waals surface area contributed by atoms with Crippen LogP contribution in [0.4, 0.5) is 4.79 Å². The van der Waals surface area contributed by atoms with Crippen molar-refractivity contribution in [1.29, 1.82) is 0 Å². The van der Waals surface area contributed by atoms with Crippen LogP contribution in [0.5, 0.6) is 0 Å². The van der Waals surface area contributed by atoms with Gasteiger partial charge in [-0.3, -0.25) is 9.59 Å². The summed E-state index contributed by atoms with van der Waals surface area (Å²) in [6.07, 6.45) is 0.655. The molecule has 5 nitrogen and oxygen atoms in total. The predicted molar refractivity (Wildman–Crippen MR) is 28.8 cm³/mol. The van der Waals surface area contributed by atoms with Gasteiger partial charge in [-0.05, 0) is 0 Å². The van der Waals surface area contributed by atoms with E-state index in [4.69, 9.17) is 0 Å². The molecule has 0 aromatic carbocycles. The third kappa shape index (κ3) is 0.975. The molecule has 0 bridgehead atoms. The first kappa shape index (κ1) is 6.73. The van der Waals surface area contributed by atoms with Crippen molar-refractivity contribution >= 4 is 18.3 Å². The predicted octanol–water partition coefficient (Wildman–Crippen LogP) is -0.925. The van der Waals surface area contributed by atoms with Gasteiger partial charge in [0.1, 0.15) is 0 Å². The molecule has 0 saturated carbocycles. The van der Waals surface area contributed by atoms with Crippen molar-refractivity contribution in [3.8, 4) is 0 Å². The molecule has 10 heavy (non-hydrogen) atoms. The lowest BCUT2D eigenvalue weighted by Crippen LogP contribution is -2.30. The summed E-state index contributed by atoms with van der Waals surface area (Å²) in [5, 5.41) is 0. The summed E-state index contributed by atoms with van der Waals surface area (Å²) in [5.74, 6) is -0.492. The quantitative estimate of drug-likeness (QED) is 0.500. The van der Waals surface area contributed by atoms with Crippen LogP contribution in [0.15, 0.2) is 0 Å². The number of hydrogen-bond donors (Lipinski definition) is 0. The normalized spacial score (nSPS) is 17.4. The van der Waals surface area contributed by atoms with E-state index in [1.165, 1.54) is 6.29 Å². The summed E-state index contributed by atoms with van der Waals surface area (Å²) >= 11 is 0. The Kier molecular flexibility index (Phi) is 1.66. The zero-order valence-electron chi connectivity index (χ0n) is 4.99. The molecular formula is C5H4NO4. The van der Waals surface area contributed by atoms with E-state index in [-0.39, 0.29) is 13.2 Å². The second kappa shape index (κ2) is 2.47. The minimum absolute atomic E-state index is 0.263. The van der Waals surface area contributed by atoms with Crippen molar-refractivity contribution < 1.29 is 19.1 Å². The summed E-state index contributed by atoms with van der Waals surface area (Å²) in [6.45, 7) is -0.599. The number of hydrogen-bond acceptors (Lipinski definition) is 4. The summed E-state index contributed by atoms with van der Waals surface area (Å²) < 4.78 is 4.29. The van der Waals surface area contributed by atoms with Gasteiger partial charge in [0.25, 0.3) is 5.91 Å². The number of imide groups is 1. The second-order valence-corrected chi connectivity index (χ2v) is 1.68. The fourth-order valence-electron chi connectivity index (χ4n) is 0.598. The maximum Gasteiger partial charge on any atom is 0.417 e. The molecule has 5 heteroatoms. The van der Waals surface area contributed by atoms with Gasteiger partial charge >= 0.3 is 6.09 Å². The van der Waals surface area contributed by atoms with Crippen LogP contribution in [0.1, 0.15) is 0 Å². The van der Waals surface area contributed by atoms with Crippen molar-refractivity contribution in [1.82, 2.24) is 4.90 Å². The Morgan fingerprint density at radius 1 is 1.60 bits per heavy atom. The van der Waals surface area contributed by atoms with E-state index >= 15 is 0 Å². The number of carbonyl (C=O) groups excluding carboxylic acids is 3. The number of nitrogens with zero attached hydrogens (tertiary/aromatic N) is 1.